The van der Waals surface area contributed by atoms with E-state index < -0.39 is 6.10 Å². The smallest absolute Gasteiger partial charge is 0.122 e. The first-order valence-electron chi connectivity index (χ1n) is 5.87. The fraction of sp³-hybridized carbons (Fsp3) is 0.200. The van der Waals surface area contributed by atoms with Crippen molar-refractivity contribution in [1.29, 1.82) is 0 Å². The summed E-state index contributed by atoms with van der Waals surface area (Å²) in [5.41, 5.74) is 1.46. The molecule has 0 saturated heterocycles. The zero-order valence-electron chi connectivity index (χ0n) is 10.4. The van der Waals surface area contributed by atoms with E-state index in [1.54, 1.807) is 25.3 Å². The van der Waals surface area contributed by atoms with Gasteiger partial charge in [-0.2, -0.15) is 0 Å². The molecule has 2 rings (SSSR count). The van der Waals surface area contributed by atoms with E-state index in [1.807, 2.05) is 24.3 Å². The zero-order chi connectivity index (χ0) is 13.8. The van der Waals surface area contributed by atoms with Gasteiger partial charge in [0.2, 0.25) is 0 Å². The Bertz CT molecular complexity index is 550. The molecule has 0 aliphatic heterocycles. The minimum Gasteiger partial charge on any atom is -0.496 e. The molecule has 0 fully saturated rings. The van der Waals surface area contributed by atoms with Gasteiger partial charge in [-0.15, -0.1) is 0 Å². The second kappa shape index (κ2) is 6.29. The first-order chi connectivity index (χ1) is 9.13. The number of aliphatic hydroxyl groups excluding tert-OH is 1. The molecule has 2 aromatic carbocycles. The summed E-state index contributed by atoms with van der Waals surface area (Å²) in [5, 5.41) is 11.3. The molecule has 0 saturated carbocycles. The van der Waals surface area contributed by atoms with E-state index in [0.29, 0.717) is 22.0 Å². The van der Waals surface area contributed by atoms with Crippen molar-refractivity contribution in [1.82, 2.24) is 0 Å². The number of hydrogen-bond donors (Lipinski definition) is 1. The Kier molecular flexibility index (Phi) is 4.70. The van der Waals surface area contributed by atoms with E-state index in [9.17, 15) is 5.11 Å². The third-order valence-corrected chi connectivity index (χ3v) is 3.60. The van der Waals surface area contributed by atoms with Gasteiger partial charge < -0.3 is 9.84 Å². The summed E-state index contributed by atoms with van der Waals surface area (Å²) in [6.45, 7) is 0. The number of aliphatic hydroxyl groups is 1. The maximum Gasteiger partial charge on any atom is 0.122 e. The molecule has 2 aromatic rings. The van der Waals surface area contributed by atoms with Gasteiger partial charge in [-0.1, -0.05) is 47.5 Å². The monoisotopic (exact) mass is 296 g/mol. The lowest BCUT2D eigenvalue weighted by Gasteiger charge is -2.16. The lowest BCUT2D eigenvalue weighted by atomic mass is 10.0. The summed E-state index contributed by atoms with van der Waals surface area (Å²) >= 11 is 12.2. The molecule has 1 unspecified atom stereocenters. The van der Waals surface area contributed by atoms with Crippen molar-refractivity contribution in [2.45, 2.75) is 12.5 Å². The molecule has 4 heteroatoms. The van der Waals surface area contributed by atoms with Crippen molar-refractivity contribution in [2.24, 2.45) is 0 Å². The Hall–Kier alpha value is -1.22. The summed E-state index contributed by atoms with van der Waals surface area (Å²) in [7, 11) is 1.60. The maximum absolute atomic E-state index is 10.3. The third kappa shape index (κ3) is 3.21. The number of para-hydroxylation sites is 1. The Balaban J connectivity index is 2.28. The predicted octanol–water partition coefficient (Wildman–Crippen LogP) is 4.28. The minimum atomic E-state index is -0.766. The van der Waals surface area contributed by atoms with Crippen LogP contribution in [0.3, 0.4) is 0 Å². The highest BCUT2D eigenvalue weighted by Gasteiger charge is 2.17. The van der Waals surface area contributed by atoms with Crippen LogP contribution >= 0.6 is 23.2 Å². The average Bonchev–Trinajstić information content (AvgIpc) is 2.39. The van der Waals surface area contributed by atoms with Gasteiger partial charge in [-0.05, 0) is 23.8 Å². The molecular formula is C15H14Cl2O2. The highest BCUT2D eigenvalue weighted by Crippen LogP contribution is 2.33. The van der Waals surface area contributed by atoms with Crippen LogP contribution in [0.5, 0.6) is 5.75 Å². The second-order valence-electron chi connectivity index (χ2n) is 4.17. The predicted molar refractivity (Wildman–Crippen MR) is 78.1 cm³/mol. The molecule has 0 amide bonds. The number of hydrogen-bond acceptors (Lipinski definition) is 2. The largest absolute Gasteiger partial charge is 0.496 e. The van der Waals surface area contributed by atoms with E-state index in [2.05, 4.69) is 0 Å². The van der Waals surface area contributed by atoms with E-state index in [-0.39, 0.29) is 0 Å². The maximum atomic E-state index is 10.3. The number of halogens is 2. The van der Waals surface area contributed by atoms with Gasteiger partial charge in [-0.25, -0.2) is 0 Å². The summed E-state index contributed by atoms with van der Waals surface area (Å²) in [4.78, 5) is 0. The van der Waals surface area contributed by atoms with Crippen LogP contribution < -0.4 is 4.74 Å². The molecule has 100 valence electrons. The fourth-order valence-corrected chi connectivity index (χ4v) is 2.66. The SMILES string of the molecule is COc1ccccc1CC(O)c1c(Cl)cccc1Cl. The lowest BCUT2D eigenvalue weighted by Crippen LogP contribution is -2.04. The molecule has 0 heterocycles. The highest BCUT2D eigenvalue weighted by molar-refractivity contribution is 6.36. The van der Waals surface area contributed by atoms with Crippen molar-refractivity contribution >= 4 is 23.2 Å². The van der Waals surface area contributed by atoms with Gasteiger partial charge in [-0.3, -0.25) is 0 Å². The first-order valence-corrected chi connectivity index (χ1v) is 6.63. The Labute approximate surface area is 122 Å². The number of ether oxygens (including phenoxy) is 1. The minimum absolute atomic E-state index is 0.396. The van der Waals surface area contributed by atoms with Crippen LogP contribution in [0.4, 0.5) is 0 Å². The van der Waals surface area contributed by atoms with Gasteiger partial charge in [0, 0.05) is 22.0 Å². The highest BCUT2D eigenvalue weighted by atomic mass is 35.5. The Morgan fingerprint density at radius 3 is 2.32 bits per heavy atom. The van der Waals surface area contributed by atoms with Crippen LogP contribution in [-0.4, -0.2) is 12.2 Å². The molecule has 0 radical (unpaired) electrons. The first kappa shape index (κ1) is 14.2. The molecule has 1 N–H and O–H groups in total. The van der Waals surface area contributed by atoms with Crippen LogP contribution in [0.1, 0.15) is 17.2 Å². The topological polar surface area (TPSA) is 29.5 Å². The van der Waals surface area contributed by atoms with Crippen LogP contribution in [0.25, 0.3) is 0 Å². The second-order valence-corrected chi connectivity index (χ2v) is 4.98. The zero-order valence-corrected chi connectivity index (χ0v) is 11.9. The molecule has 0 bridgehead atoms. The molecule has 0 spiro atoms. The van der Waals surface area contributed by atoms with Crippen molar-refractivity contribution in [3.8, 4) is 5.75 Å². The molecule has 19 heavy (non-hydrogen) atoms. The van der Waals surface area contributed by atoms with Crippen LogP contribution in [0.15, 0.2) is 42.5 Å². The van der Waals surface area contributed by atoms with Gasteiger partial charge in [0.25, 0.3) is 0 Å². The van der Waals surface area contributed by atoms with Crippen molar-refractivity contribution in [3.63, 3.8) is 0 Å². The summed E-state index contributed by atoms with van der Waals surface area (Å²) in [6.07, 6.45) is -0.370. The van der Waals surface area contributed by atoms with E-state index in [1.165, 1.54) is 0 Å². The van der Waals surface area contributed by atoms with Gasteiger partial charge in [0.1, 0.15) is 5.75 Å². The van der Waals surface area contributed by atoms with Gasteiger partial charge in [0.15, 0.2) is 0 Å². The molecule has 0 aromatic heterocycles. The van der Waals surface area contributed by atoms with E-state index in [4.69, 9.17) is 27.9 Å². The van der Waals surface area contributed by atoms with Crippen LogP contribution in [-0.2, 0) is 6.42 Å². The van der Waals surface area contributed by atoms with Crippen LogP contribution in [0.2, 0.25) is 10.0 Å². The van der Waals surface area contributed by atoms with E-state index >= 15 is 0 Å². The summed E-state index contributed by atoms with van der Waals surface area (Å²) in [6, 6.07) is 12.7. The van der Waals surface area contributed by atoms with Gasteiger partial charge >= 0.3 is 0 Å². The molecule has 1 atom stereocenters. The fourth-order valence-electron chi connectivity index (χ4n) is 2.01. The van der Waals surface area contributed by atoms with Crippen molar-refractivity contribution < 1.29 is 9.84 Å². The number of benzene rings is 2. The quantitative estimate of drug-likeness (QED) is 0.912. The summed E-state index contributed by atoms with van der Waals surface area (Å²) in [5.74, 6) is 0.740. The van der Waals surface area contributed by atoms with Crippen LogP contribution in [0, 0.1) is 0 Å². The Morgan fingerprint density at radius 2 is 1.68 bits per heavy atom. The van der Waals surface area contributed by atoms with E-state index in [0.717, 1.165) is 11.3 Å². The lowest BCUT2D eigenvalue weighted by molar-refractivity contribution is 0.177. The average molecular weight is 297 g/mol. The summed E-state index contributed by atoms with van der Waals surface area (Å²) < 4.78 is 5.27. The number of methoxy groups -OCH3 is 1. The third-order valence-electron chi connectivity index (χ3n) is 2.94. The molecule has 0 aliphatic carbocycles. The Morgan fingerprint density at radius 1 is 1.05 bits per heavy atom. The van der Waals surface area contributed by atoms with Gasteiger partial charge in [0.05, 0.1) is 13.2 Å². The molecule has 0 aliphatic rings. The normalized spacial score (nSPS) is 12.2. The standard InChI is InChI=1S/C15H14Cl2O2/c1-19-14-8-3-2-5-10(14)9-13(18)15-11(16)6-4-7-12(15)17/h2-8,13,18H,9H2,1H3. The number of rotatable bonds is 4. The molecular weight excluding hydrogens is 283 g/mol. The molecule has 2 nitrogen and oxygen atoms in total. The van der Waals surface area contributed by atoms with Crippen molar-refractivity contribution in [3.05, 3.63) is 63.6 Å². The van der Waals surface area contributed by atoms with Crippen molar-refractivity contribution in [2.75, 3.05) is 7.11 Å².